The summed E-state index contributed by atoms with van der Waals surface area (Å²) in [5, 5.41) is 1.47. The molecule has 1 heterocycles. The molecule has 3 aromatic rings. The largest absolute Gasteiger partial charge is 0.489 e. The molecule has 178 valence electrons. The van der Waals surface area contributed by atoms with Crippen LogP contribution in [0.4, 0.5) is 5.69 Å². The predicted octanol–water partition coefficient (Wildman–Crippen LogP) is 7.86. The van der Waals surface area contributed by atoms with E-state index in [4.69, 9.17) is 21.3 Å². The minimum atomic E-state index is 0.0515. The first-order chi connectivity index (χ1) is 17.2. The molecule has 0 aromatic heterocycles. The number of hydrogen-bond donors (Lipinski definition) is 0. The van der Waals surface area contributed by atoms with Gasteiger partial charge in [-0.3, -0.25) is 9.69 Å². The third-order valence-electron chi connectivity index (χ3n) is 6.29. The number of para-hydroxylation sites is 1. The lowest BCUT2D eigenvalue weighted by Gasteiger charge is -2.30. The fraction of sp³-hybridized carbons (Fsp3) is 0.241. The van der Waals surface area contributed by atoms with Crippen LogP contribution in [0.25, 0.3) is 6.08 Å². The maximum Gasteiger partial charge on any atom is 0.267 e. The van der Waals surface area contributed by atoms with Crippen LogP contribution in [0.2, 0.25) is 5.02 Å². The Morgan fingerprint density at radius 2 is 1.66 bits per heavy atom. The fourth-order valence-electron chi connectivity index (χ4n) is 4.43. The zero-order chi connectivity index (χ0) is 24.0. The summed E-state index contributed by atoms with van der Waals surface area (Å²) in [7, 11) is 0. The van der Waals surface area contributed by atoms with Gasteiger partial charge in [0.25, 0.3) is 5.91 Å². The first-order valence-electron chi connectivity index (χ1n) is 12.0. The van der Waals surface area contributed by atoms with Gasteiger partial charge in [-0.05, 0) is 66.6 Å². The Kier molecular flexibility index (Phi) is 7.55. The van der Waals surface area contributed by atoms with Crippen LogP contribution in [-0.4, -0.2) is 22.0 Å². The van der Waals surface area contributed by atoms with E-state index in [1.807, 2.05) is 89.8 Å². The molecular weight excluding hydrogens is 476 g/mol. The van der Waals surface area contributed by atoms with Crippen molar-refractivity contribution < 1.29 is 9.53 Å². The molecule has 0 bridgehead atoms. The van der Waals surface area contributed by atoms with Gasteiger partial charge in [0, 0.05) is 16.6 Å². The van der Waals surface area contributed by atoms with E-state index in [-0.39, 0.29) is 11.9 Å². The number of benzene rings is 3. The van der Waals surface area contributed by atoms with Gasteiger partial charge in [0.05, 0.1) is 10.6 Å². The Morgan fingerprint density at radius 3 is 2.40 bits per heavy atom. The zero-order valence-electron chi connectivity index (χ0n) is 19.4. The first-order valence-corrected chi connectivity index (χ1v) is 13.2. The van der Waals surface area contributed by atoms with Gasteiger partial charge in [-0.2, -0.15) is 0 Å². The summed E-state index contributed by atoms with van der Waals surface area (Å²) in [6.45, 7) is 0.407. The van der Waals surface area contributed by atoms with Crippen LogP contribution in [0.1, 0.15) is 43.2 Å². The monoisotopic (exact) mass is 502 g/mol. The number of thioether (sulfide) groups is 1. The van der Waals surface area contributed by atoms with Crippen LogP contribution in [-0.2, 0) is 11.4 Å². The Morgan fingerprint density at radius 1 is 0.943 bits per heavy atom. The van der Waals surface area contributed by atoms with E-state index in [0.29, 0.717) is 16.5 Å². The van der Waals surface area contributed by atoms with Crippen molar-refractivity contribution in [2.75, 3.05) is 0 Å². The average Bonchev–Trinajstić information content (AvgIpc) is 3.19. The highest BCUT2D eigenvalue weighted by Crippen LogP contribution is 2.38. The molecule has 2 fully saturated rings. The molecule has 6 heteroatoms. The minimum absolute atomic E-state index is 0.0515. The molecule has 35 heavy (non-hydrogen) atoms. The molecule has 0 radical (unpaired) electrons. The zero-order valence-corrected chi connectivity index (χ0v) is 21.0. The molecule has 3 aromatic carbocycles. The van der Waals surface area contributed by atoms with Crippen LogP contribution in [0, 0.1) is 0 Å². The van der Waals surface area contributed by atoms with Crippen molar-refractivity contribution in [1.82, 2.24) is 4.90 Å². The van der Waals surface area contributed by atoms with Crippen molar-refractivity contribution in [3.05, 3.63) is 99.9 Å². The lowest BCUT2D eigenvalue weighted by atomic mass is 9.94. The molecule has 1 amide bonds. The molecule has 1 saturated heterocycles. The van der Waals surface area contributed by atoms with E-state index in [1.165, 1.54) is 18.2 Å². The third kappa shape index (κ3) is 5.80. The van der Waals surface area contributed by atoms with Crippen molar-refractivity contribution in [2.45, 2.75) is 44.8 Å². The Labute approximate surface area is 215 Å². The van der Waals surface area contributed by atoms with Crippen molar-refractivity contribution in [3.8, 4) is 5.75 Å². The highest BCUT2D eigenvalue weighted by molar-refractivity contribution is 8.18. The van der Waals surface area contributed by atoms with Gasteiger partial charge in [-0.1, -0.05) is 79.4 Å². The molecule has 5 rings (SSSR count). The van der Waals surface area contributed by atoms with Gasteiger partial charge in [0.1, 0.15) is 12.4 Å². The van der Waals surface area contributed by atoms with E-state index in [1.54, 1.807) is 0 Å². The lowest BCUT2D eigenvalue weighted by Crippen LogP contribution is -2.40. The van der Waals surface area contributed by atoms with Gasteiger partial charge in [0.15, 0.2) is 5.17 Å². The number of halogens is 1. The number of rotatable bonds is 6. The average molecular weight is 503 g/mol. The molecule has 0 atom stereocenters. The number of carbonyl (C=O) groups excluding carboxylic acids is 1. The van der Waals surface area contributed by atoms with Gasteiger partial charge in [0.2, 0.25) is 0 Å². The summed E-state index contributed by atoms with van der Waals surface area (Å²) in [4.78, 5) is 21.0. The lowest BCUT2D eigenvalue weighted by molar-refractivity contribution is -0.124. The van der Waals surface area contributed by atoms with Crippen LogP contribution in [0.15, 0.2) is 88.8 Å². The maximum absolute atomic E-state index is 13.5. The summed E-state index contributed by atoms with van der Waals surface area (Å²) in [5.41, 5.74) is 2.77. The van der Waals surface area contributed by atoms with Crippen molar-refractivity contribution >= 4 is 46.2 Å². The summed E-state index contributed by atoms with van der Waals surface area (Å²) >= 11 is 7.68. The molecule has 0 spiro atoms. The second kappa shape index (κ2) is 11.1. The second-order valence-electron chi connectivity index (χ2n) is 8.76. The highest BCUT2D eigenvalue weighted by atomic mass is 35.5. The van der Waals surface area contributed by atoms with E-state index in [9.17, 15) is 4.79 Å². The number of amides is 1. The Balaban J connectivity index is 1.34. The minimum Gasteiger partial charge on any atom is -0.489 e. The van der Waals surface area contributed by atoms with Gasteiger partial charge >= 0.3 is 0 Å². The van der Waals surface area contributed by atoms with Crippen LogP contribution >= 0.6 is 23.4 Å². The Bertz CT molecular complexity index is 1240. The maximum atomic E-state index is 13.5. The Hall–Kier alpha value is -3.02. The molecule has 4 nitrogen and oxygen atoms in total. The summed E-state index contributed by atoms with van der Waals surface area (Å²) < 4.78 is 5.89. The number of amidine groups is 1. The highest BCUT2D eigenvalue weighted by Gasteiger charge is 2.38. The van der Waals surface area contributed by atoms with Crippen molar-refractivity contribution in [3.63, 3.8) is 0 Å². The number of ether oxygens (including phenoxy) is 1. The molecular formula is C29H27ClN2O2S. The summed E-state index contributed by atoms with van der Waals surface area (Å²) in [5.74, 6) is 0.809. The third-order valence-corrected chi connectivity index (χ3v) is 7.64. The molecule has 2 aliphatic rings. The topological polar surface area (TPSA) is 41.9 Å². The quantitative estimate of drug-likeness (QED) is 0.322. The predicted molar refractivity (Wildman–Crippen MR) is 145 cm³/mol. The van der Waals surface area contributed by atoms with Crippen LogP contribution in [0.3, 0.4) is 0 Å². The van der Waals surface area contributed by atoms with E-state index in [0.717, 1.165) is 53.4 Å². The molecule has 1 saturated carbocycles. The molecule has 0 N–H and O–H groups in total. The second-order valence-corrected chi connectivity index (χ2v) is 10.2. The number of carbonyl (C=O) groups is 1. The van der Waals surface area contributed by atoms with Crippen LogP contribution in [0.5, 0.6) is 5.75 Å². The van der Waals surface area contributed by atoms with Crippen molar-refractivity contribution in [2.24, 2.45) is 4.99 Å². The first kappa shape index (κ1) is 23.7. The summed E-state index contributed by atoms with van der Waals surface area (Å²) in [6, 6.07) is 25.5. The van der Waals surface area contributed by atoms with Crippen molar-refractivity contribution in [1.29, 1.82) is 0 Å². The van der Waals surface area contributed by atoms with Crippen LogP contribution < -0.4 is 4.74 Å². The van der Waals surface area contributed by atoms with E-state index >= 15 is 0 Å². The van der Waals surface area contributed by atoms with Gasteiger partial charge in [-0.15, -0.1) is 0 Å². The normalized spacial score (nSPS) is 19.0. The number of nitrogens with zero attached hydrogens (tertiary/aromatic N) is 2. The molecule has 0 unspecified atom stereocenters. The number of aliphatic imine (C=N–C) groups is 1. The van der Waals surface area contributed by atoms with Gasteiger partial charge < -0.3 is 4.74 Å². The van der Waals surface area contributed by atoms with E-state index in [2.05, 4.69) is 0 Å². The summed E-state index contributed by atoms with van der Waals surface area (Å²) in [6.07, 6.45) is 7.58. The molecule has 1 aliphatic carbocycles. The standard InChI is InChI=1S/C29H27ClN2O2S/c30-26-14-8-7-9-22(26)20-34-25-17-15-21(16-18-25)19-27-28(33)32(24-12-5-2-6-13-24)29(35-27)31-23-10-3-1-4-11-23/h1,3-4,7-11,14-19,24H,2,5-6,12-13,20H2. The van der Waals surface area contributed by atoms with E-state index < -0.39 is 0 Å². The van der Waals surface area contributed by atoms with Gasteiger partial charge in [-0.25, -0.2) is 4.99 Å². The smallest absolute Gasteiger partial charge is 0.267 e. The fourth-order valence-corrected chi connectivity index (χ4v) is 5.68. The number of hydrogen-bond acceptors (Lipinski definition) is 4. The SMILES string of the molecule is O=C1C(=Cc2ccc(OCc3ccccc3Cl)cc2)SC(=Nc2ccccc2)N1C1CCCCC1. The molecule has 1 aliphatic heterocycles.